The van der Waals surface area contributed by atoms with Crippen LogP contribution in [0, 0.1) is 0 Å². The predicted molar refractivity (Wildman–Crippen MR) is 249 cm³/mol. The molecule has 0 N–H and O–H groups in total. The fraction of sp³-hybridized carbons (Fsp3) is 0.0357. The molecule has 0 radical (unpaired) electrons. The molecule has 3 aromatic heterocycles. The van der Waals surface area contributed by atoms with Crippen LogP contribution in [0.4, 0.5) is 0 Å². The number of thiophene rings is 1. The fourth-order valence-electron chi connectivity index (χ4n) is 10.2. The van der Waals surface area contributed by atoms with Gasteiger partial charge in [0.1, 0.15) is 11.2 Å². The molecule has 13 rings (SSSR count). The van der Waals surface area contributed by atoms with E-state index in [0.29, 0.717) is 5.92 Å². The summed E-state index contributed by atoms with van der Waals surface area (Å²) < 4.78 is 11.7. The maximum atomic E-state index is 6.63. The molecule has 0 fully saturated rings. The van der Waals surface area contributed by atoms with Crippen molar-refractivity contribution in [3.8, 4) is 39.1 Å². The lowest BCUT2D eigenvalue weighted by molar-refractivity contribution is 0.669. The van der Waals surface area contributed by atoms with Crippen molar-refractivity contribution in [2.75, 3.05) is 0 Å². The predicted octanol–water partition coefficient (Wildman–Crippen LogP) is 15.7. The highest BCUT2D eigenvalue weighted by Gasteiger charge is 2.28. The summed E-state index contributed by atoms with van der Waals surface area (Å²) in [5.74, 6) is 0.327. The van der Waals surface area contributed by atoms with Gasteiger partial charge < -0.3 is 8.98 Å². The molecule has 0 spiro atoms. The van der Waals surface area contributed by atoms with Crippen LogP contribution in [0.2, 0.25) is 0 Å². The Morgan fingerprint density at radius 1 is 0.458 bits per heavy atom. The van der Waals surface area contributed by atoms with Crippen LogP contribution in [0.3, 0.4) is 0 Å². The van der Waals surface area contributed by atoms with E-state index in [0.717, 1.165) is 34.0 Å². The minimum atomic E-state index is 0.327. The van der Waals surface area contributed by atoms with Crippen molar-refractivity contribution in [1.82, 2.24) is 4.57 Å². The first kappa shape index (κ1) is 32.8. The van der Waals surface area contributed by atoms with Crippen LogP contribution in [-0.4, -0.2) is 4.57 Å². The smallest absolute Gasteiger partial charge is 0.136 e. The van der Waals surface area contributed by atoms with Gasteiger partial charge in [-0.05, 0) is 117 Å². The summed E-state index contributed by atoms with van der Waals surface area (Å²) in [6.07, 6.45) is 0.975. The number of furan rings is 1. The lowest BCUT2D eigenvalue weighted by Crippen LogP contribution is -2.13. The van der Waals surface area contributed by atoms with Crippen LogP contribution in [0.5, 0.6) is 0 Å². The molecule has 0 saturated carbocycles. The van der Waals surface area contributed by atoms with Crippen molar-refractivity contribution >= 4 is 75.3 Å². The molecule has 3 heterocycles. The molecule has 1 aliphatic rings. The van der Waals surface area contributed by atoms with Gasteiger partial charge in [-0.15, -0.1) is 11.3 Å². The Morgan fingerprint density at radius 3 is 2.08 bits per heavy atom. The standard InChI is InChI=1S/C56H35NOS/c1-3-13-34(14-4-1)44-31-37-15-11-21-39(55(37)43-20-8-7-18-41(43)44)36-26-28-51-48(30-36)56-40(22-12-23-52(56)58-51)35-25-27-49-45(29-35)46-32-47-42-19-9-10-24-53(42)59-54(47)33-50(46)57(49)38-16-5-2-6-17-38/h1-30,32-33,44H,31H2. The molecule has 1 atom stereocenters. The Bertz CT molecular complexity index is 3640. The molecule has 276 valence electrons. The van der Waals surface area contributed by atoms with Gasteiger partial charge in [-0.1, -0.05) is 133 Å². The zero-order valence-corrected chi connectivity index (χ0v) is 32.8. The molecule has 59 heavy (non-hydrogen) atoms. The number of aromatic nitrogens is 1. The normalized spacial score (nSPS) is 13.9. The number of rotatable bonds is 4. The largest absolute Gasteiger partial charge is 0.456 e. The first-order valence-corrected chi connectivity index (χ1v) is 21.2. The second-order valence-corrected chi connectivity index (χ2v) is 17.0. The second kappa shape index (κ2) is 12.6. The van der Waals surface area contributed by atoms with Gasteiger partial charge in [-0.2, -0.15) is 0 Å². The summed E-state index contributed by atoms with van der Waals surface area (Å²) in [6.45, 7) is 0. The van der Waals surface area contributed by atoms with E-state index in [1.165, 1.54) is 92.0 Å². The van der Waals surface area contributed by atoms with Crippen molar-refractivity contribution in [3.63, 3.8) is 0 Å². The summed E-state index contributed by atoms with van der Waals surface area (Å²) in [5.41, 5.74) is 17.0. The Morgan fingerprint density at radius 2 is 1.17 bits per heavy atom. The van der Waals surface area contributed by atoms with Gasteiger partial charge in [0.05, 0.1) is 11.0 Å². The Balaban J connectivity index is 1.01. The van der Waals surface area contributed by atoms with Gasteiger partial charge in [-0.25, -0.2) is 0 Å². The summed E-state index contributed by atoms with van der Waals surface area (Å²) in [5, 5.41) is 7.42. The molecular formula is C56H35NOS. The average Bonchev–Trinajstić information content (AvgIpc) is 3.96. The van der Waals surface area contributed by atoms with Crippen LogP contribution in [0.1, 0.15) is 22.6 Å². The van der Waals surface area contributed by atoms with Gasteiger partial charge in [0.15, 0.2) is 0 Å². The second-order valence-electron chi connectivity index (χ2n) is 16.0. The molecule has 0 saturated heterocycles. The van der Waals surface area contributed by atoms with Crippen molar-refractivity contribution < 1.29 is 4.42 Å². The minimum Gasteiger partial charge on any atom is -0.456 e. The van der Waals surface area contributed by atoms with Gasteiger partial charge in [0.25, 0.3) is 0 Å². The van der Waals surface area contributed by atoms with Gasteiger partial charge >= 0.3 is 0 Å². The first-order valence-electron chi connectivity index (χ1n) is 20.4. The van der Waals surface area contributed by atoms with Crippen LogP contribution < -0.4 is 0 Å². The Kier molecular flexibility index (Phi) is 7.04. The summed E-state index contributed by atoms with van der Waals surface area (Å²) in [6, 6.07) is 71.5. The molecular weight excluding hydrogens is 735 g/mol. The SMILES string of the molecule is c1ccc(C2Cc3cccc(-c4ccc5oc6cccc(-c7ccc8c(c7)c7cc9c(cc7n8-c7ccccc7)sc7ccccc79)c6c5c4)c3-c3ccccc32)cc1. The van der Waals surface area contributed by atoms with Gasteiger partial charge in [0.2, 0.25) is 0 Å². The van der Waals surface area contributed by atoms with Crippen molar-refractivity contribution in [2.24, 2.45) is 0 Å². The number of nitrogens with zero attached hydrogens (tertiary/aromatic N) is 1. The zero-order chi connectivity index (χ0) is 38.6. The van der Waals surface area contributed by atoms with Crippen LogP contribution in [0.25, 0.3) is 103 Å². The highest BCUT2D eigenvalue weighted by molar-refractivity contribution is 7.25. The molecule has 0 aliphatic heterocycles. The number of hydrogen-bond donors (Lipinski definition) is 0. The van der Waals surface area contributed by atoms with E-state index in [1.807, 2.05) is 11.3 Å². The highest BCUT2D eigenvalue weighted by Crippen LogP contribution is 2.48. The van der Waals surface area contributed by atoms with E-state index in [-0.39, 0.29) is 0 Å². The lowest BCUT2D eigenvalue weighted by Gasteiger charge is -2.30. The molecule has 9 aromatic carbocycles. The van der Waals surface area contributed by atoms with E-state index in [2.05, 4.69) is 199 Å². The first-order chi connectivity index (χ1) is 29.2. The van der Waals surface area contributed by atoms with E-state index < -0.39 is 0 Å². The van der Waals surface area contributed by atoms with Crippen LogP contribution in [-0.2, 0) is 6.42 Å². The molecule has 1 unspecified atom stereocenters. The van der Waals surface area contributed by atoms with Crippen molar-refractivity contribution in [3.05, 3.63) is 211 Å². The van der Waals surface area contributed by atoms with E-state index >= 15 is 0 Å². The average molecular weight is 770 g/mol. The van der Waals surface area contributed by atoms with E-state index in [1.54, 1.807) is 0 Å². The number of fused-ring (bicyclic) bond motifs is 12. The van der Waals surface area contributed by atoms with Crippen LogP contribution >= 0.6 is 11.3 Å². The summed E-state index contributed by atoms with van der Waals surface area (Å²) in [4.78, 5) is 0. The Labute approximate surface area is 344 Å². The maximum absolute atomic E-state index is 6.63. The maximum Gasteiger partial charge on any atom is 0.136 e. The highest BCUT2D eigenvalue weighted by atomic mass is 32.1. The molecule has 2 nitrogen and oxygen atoms in total. The molecule has 12 aromatic rings. The van der Waals surface area contributed by atoms with Gasteiger partial charge in [0, 0.05) is 53.3 Å². The third kappa shape index (κ3) is 4.92. The number of benzene rings is 9. The van der Waals surface area contributed by atoms with Crippen molar-refractivity contribution in [2.45, 2.75) is 12.3 Å². The molecule has 3 heteroatoms. The van der Waals surface area contributed by atoms with E-state index in [4.69, 9.17) is 4.42 Å². The quantitative estimate of drug-likeness (QED) is 0.174. The Hall–Kier alpha value is -7.20. The zero-order valence-electron chi connectivity index (χ0n) is 32.0. The number of hydrogen-bond acceptors (Lipinski definition) is 2. The fourth-order valence-corrected chi connectivity index (χ4v) is 11.3. The van der Waals surface area contributed by atoms with Crippen LogP contribution in [0.15, 0.2) is 199 Å². The topological polar surface area (TPSA) is 18.1 Å². The van der Waals surface area contributed by atoms with E-state index in [9.17, 15) is 0 Å². The monoisotopic (exact) mass is 769 g/mol. The molecule has 1 aliphatic carbocycles. The van der Waals surface area contributed by atoms with Crippen molar-refractivity contribution in [1.29, 1.82) is 0 Å². The third-order valence-electron chi connectivity index (χ3n) is 12.8. The molecule has 0 bridgehead atoms. The summed E-state index contributed by atoms with van der Waals surface area (Å²) >= 11 is 1.87. The lowest BCUT2D eigenvalue weighted by atomic mass is 9.74. The summed E-state index contributed by atoms with van der Waals surface area (Å²) in [7, 11) is 0. The third-order valence-corrected chi connectivity index (χ3v) is 13.9. The number of para-hydroxylation sites is 1. The minimum absolute atomic E-state index is 0.327. The van der Waals surface area contributed by atoms with Gasteiger partial charge in [-0.3, -0.25) is 0 Å². The molecule has 0 amide bonds.